The molecule has 2 unspecified atom stereocenters. The molecule has 3 N–H and O–H groups in total. The van der Waals surface area contributed by atoms with Crippen molar-refractivity contribution in [3.63, 3.8) is 0 Å². The zero-order chi connectivity index (χ0) is 7.56. The Balaban J connectivity index is 2.46. The topological polar surface area (TPSA) is 55.1 Å². The van der Waals surface area contributed by atoms with Gasteiger partial charge in [-0.3, -0.25) is 4.79 Å². The van der Waals surface area contributed by atoms with Gasteiger partial charge in [0, 0.05) is 6.54 Å². The minimum absolute atomic E-state index is 0.00403. The summed E-state index contributed by atoms with van der Waals surface area (Å²) in [6.45, 7) is 2.91. The predicted octanol–water partition coefficient (Wildman–Crippen LogP) is -0.140. The third-order valence-electron chi connectivity index (χ3n) is 1.93. The first-order valence-corrected chi connectivity index (χ1v) is 3.73. The molecule has 1 fully saturated rings. The van der Waals surface area contributed by atoms with Crippen molar-refractivity contribution in [3.05, 3.63) is 0 Å². The second kappa shape index (κ2) is 3.01. The Bertz CT molecular complexity index is 136. The molecule has 0 spiro atoms. The summed E-state index contributed by atoms with van der Waals surface area (Å²) in [6.07, 6.45) is 1.88. The molecule has 1 saturated heterocycles. The number of nitrogens with two attached hydrogens (primary N) is 1. The van der Waals surface area contributed by atoms with Crippen LogP contribution in [0.4, 0.5) is 0 Å². The molecule has 0 aliphatic carbocycles. The number of hydrogen-bond acceptors (Lipinski definition) is 2. The molecule has 0 saturated carbocycles. The summed E-state index contributed by atoms with van der Waals surface area (Å²) in [7, 11) is 0. The maximum absolute atomic E-state index is 10.9. The zero-order valence-corrected chi connectivity index (χ0v) is 6.26. The van der Waals surface area contributed by atoms with Crippen molar-refractivity contribution >= 4 is 5.91 Å². The normalized spacial score (nSPS) is 34.8. The maximum Gasteiger partial charge on any atom is 0.236 e. The molecule has 10 heavy (non-hydrogen) atoms. The van der Waals surface area contributed by atoms with Crippen molar-refractivity contribution in [2.24, 2.45) is 11.7 Å². The quantitative estimate of drug-likeness (QED) is 0.494. The molecular formula is C7H14N2O. The van der Waals surface area contributed by atoms with Gasteiger partial charge in [0.25, 0.3) is 0 Å². The van der Waals surface area contributed by atoms with Gasteiger partial charge in [-0.15, -0.1) is 0 Å². The van der Waals surface area contributed by atoms with E-state index in [0.29, 0.717) is 5.92 Å². The van der Waals surface area contributed by atoms with Gasteiger partial charge in [-0.1, -0.05) is 6.92 Å². The lowest BCUT2D eigenvalue weighted by Gasteiger charge is -2.04. The molecule has 1 heterocycles. The highest BCUT2D eigenvalue weighted by molar-refractivity contribution is 5.81. The lowest BCUT2D eigenvalue weighted by atomic mass is 10.0. The van der Waals surface area contributed by atoms with E-state index in [-0.39, 0.29) is 11.9 Å². The van der Waals surface area contributed by atoms with Gasteiger partial charge < -0.3 is 11.1 Å². The van der Waals surface area contributed by atoms with Crippen LogP contribution in [-0.2, 0) is 4.79 Å². The highest BCUT2D eigenvalue weighted by Gasteiger charge is 2.18. The van der Waals surface area contributed by atoms with Crippen LogP contribution >= 0.6 is 0 Å². The van der Waals surface area contributed by atoms with E-state index in [4.69, 9.17) is 5.73 Å². The third kappa shape index (κ3) is 1.70. The fourth-order valence-corrected chi connectivity index (χ4v) is 1.10. The van der Waals surface area contributed by atoms with Crippen LogP contribution in [-0.4, -0.2) is 18.5 Å². The van der Waals surface area contributed by atoms with Gasteiger partial charge in [-0.2, -0.15) is 0 Å². The fraction of sp³-hybridized carbons (Fsp3) is 0.857. The molecule has 0 bridgehead atoms. The van der Waals surface area contributed by atoms with Crippen molar-refractivity contribution in [2.45, 2.75) is 25.8 Å². The summed E-state index contributed by atoms with van der Waals surface area (Å²) in [5, 5.41) is 2.78. The summed E-state index contributed by atoms with van der Waals surface area (Å²) in [6, 6.07) is -0.273. The number of nitrogens with one attached hydrogen (secondary N) is 1. The molecule has 0 radical (unpaired) electrons. The molecule has 0 aromatic heterocycles. The fourth-order valence-electron chi connectivity index (χ4n) is 1.10. The number of amides is 1. The minimum atomic E-state index is -0.273. The second-order valence-corrected chi connectivity index (χ2v) is 3.03. The van der Waals surface area contributed by atoms with Gasteiger partial charge in [0.1, 0.15) is 0 Å². The first kappa shape index (κ1) is 7.54. The van der Waals surface area contributed by atoms with E-state index in [0.717, 1.165) is 19.4 Å². The molecule has 1 aliphatic heterocycles. The number of carbonyl (C=O) groups is 1. The van der Waals surface area contributed by atoms with Crippen LogP contribution in [0.5, 0.6) is 0 Å². The average Bonchev–Trinajstić information content (AvgIpc) is 2.04. The van der Waals surface area contributed by atoms with Crippen molar-refractivity contribution in [3.8, 4) is 0 Å². The summed E-state index contributed by atoms with van der Waals surface area (Å²) in [5.74, 6) is 0.585. The Morgan fingerprint density at radius 3 is 3.00 bits per heavy atom. The van der Waals surface area contributed by atoms with Crippen molar-refractivity contribution in [2.75, 3.05) is 6.54 Å². The van der Waals surface area contributed by atoms with Crippen molar-refractivity contribution in [1.29, 1.82) is 0 Å². The van der Waals surface area contributed by atoms with Gasteiger partial charge in [0.05, 0.1) is 6.04 Å². The molecule has 1 aliphatic rings. The third-order valence-corrected chi connectivity index (χ3v) is 1.93. The first-order chi connectivity index (χ1) is 4.70. The Morgan fingerprint density at radius 1 is 1.60 bits per heavy atom. The van der Waals surface area contributed by atoms with Gasteiger partial charge in [-0.25, -0.2) is 0 Å². The minimum Gasteiger partial charge on any atom is -0.354 e. The van der Waals surface area contributed by atoms with Crippen LogP contribution in [0.2, 0.25) is 0 Å². The van der Waals surface area contributed by atoms with E-state index in [1.54, 1.807) is 0 Å². The highest BCUT2D eigenvalue weighted by Crippen LogP contribution is 2.09. The van der Waals surface area contributed by atoms with E-state index in [9.17, 15) is 4.79 Å². The Hall–Kier alpha value is -0.570. The van der Waals surface area contributed by atoms with Crippen LogP contribution < -0.4 is 11.1 Å². The lowest BCUT2D eigenvalue weighted by molar-refractivity contribution is -0.122. The number of carbonyl (C=O) groups excluding carboxylic acids is 1. The number of rotatable bonds is 0. The highest BCUT2D eigenvalue weighted by atomic mass is 16.2. The van der Waals surface area contributed by atoms with Crippen molar-refractivity contribution in [1.82, 2.24) is 5.32 Å². The lowest BCUT2D eigenvalue weighted by Crippen LogP contribution is -2.38. The molecule has 58 valence electrons. The largest absolute Gasteiger partial charge is 0.354 e. The molecule has 1 rings (SSSR count). The van der Waals surface area contributed by atoms with Crippen LogP contribution in [0.1, 0.15) is 19.8 Å². The Kier molecular flexibility index (Phi) is 2.27. The zero-order valence-electron chi connectivity index (χ0n) is 6.26. The smallest absolute Gasteiger partial charge is 0.236 e. The summed E-state index contributed by atoms with van der Waals surface area (Å²) in [4.78, 5) is 10.9. The molecule has 3 heteroatoms. The Morgan fingerprint density at radius 2 is 2.30 bits per heavy atom. The molecule has 2 atom stereocenters. The van der Waals surface area contributed by atoms with Gasteiger partial charge in [0.2, 0.25) is 5.91 Å². The standard InChI is InChI=1S/C7H14N2O/c1-5-2-3-6(8)7(10)9-4-5/h5-6H,2-4,8H2,1H3,(H,9,10). The molecule has 0 aromatic rings. The summed E-state index contributed by atoms with van der Waals surface area (Å²) in [5.41, 5.74) is 5.53. The van der Waals surface area contributed by atoms with E-state index < -0.39 is 0 Å². The molecule has 0 aromatic carbocycles. The summed E-state index contributed by atoms with van der Waals surface area (Å²) < 4.78 is 0. The summed E-state index contributed by atoms with van der Waals surface area (Å²) >= 11 is 0. The van der Waals surface area contributed by atoms with Crippen molar-refractivity contribution < 1.29 is 4.79 Å². The predicted molar refractivity (Wildman–Crippen MR) is 39.4 cm³/mol. The van der Waals surface area contributed by atoms with Crippen LogP contribution in [0, 0.1) is 5.92 Å². The van der Waals surface area contributed by atoms with E-state index >= 15 is 0 Å². The monoisotopic (exact) mass is 142 g/mol. The first-order valence-electron chi connectivity index (χ1n) is 3.73. The molecule has 3 nitrogen and oxygen atoms in total. The van der Waals surface area contributed by atoms with Crippen LogP contribution in [0.3, 0.4) is 0 Å². The Labute approximate surface area is 61.0 Å². The maximum atomic E-state index is 10.9. The average molecular weight is 142 g/mol. The van der Waals surface area contributed by atoms with E-state index in [1.807, 2.05) is 0 Å². The van der Waals surface area contributed by atoms with Gasteiger partial charge >= 0.3 is 0 Å². The number of hydrogen-bond donors (Lipinski definition) is 2. The second-order valence-electron chi connectivity index (χ2n) is 3.03. The van der Waals surface area contributed by atoms with Crippen LogP contribution in [0.15, 0.2) is 0 Å². The molecule has 1 amide bonds. The van der Waals surface area contributed by atoms with Gasteiger partial charge in [-0.05, 0) is 18.8 Å². The molecular weight excluding hydrogens is 128 g/mol. The van der Waals surface area contributed by atoms with E-state index in [2.05, 4.69) is 12.2 Å². The van der Waals surface area contributed by atoms with E-state index in [1.165, 1.54) is 0 Å². The van der Waals surface area contributed by atoms with Gasteiger partial charge in [0.15, 0.2) is 0 Å². The SMILES string of the molecule is CC1CCC(N)C(=O)NC1. The van der Waals surface area contributed by atoms with Crippen LogP contribution in [0.25, 0.3) is 0 Å².